The van der Waals surface area contributed by atoms with Crippen molar-refractivity contribution in [3.05, 3.63) is 71.5 Å². The summed E-state index contributed by atoms with van der Waals surface area (Å²) in [5.41, 5.74) is 1.83. The molecule has 3 N–H and O–H groups in total. The molecule has 27 heavy (non-hydrogen) atoms. The standard InChI is InChI=1S/C21H24FN3O2/c1-2-23-21(27)24-20(26)19(16-6-4-3-5-7-16)25(18-12-13-18)14-15-8-10-17(22)11-9-15/h3-11,18-19H,2,12-14H2,1H3,(H2,23,24,26,27)/p+1/t19-/m1/s1. The van der Waals surface area contributed by atoms with Crippen LogP contribution in [0.15, 0.2) is 54.6 Å². The Morgan fingerprint density at radius 2 is 1.78 bits per heavy atom. The van der Waals surface area contributed by atoms with E-state index in [0.29, 0.717) is 19.1 Å². The molecule has 0 spiro atoms. The second-order valence-corrected chi connectivity index (χ2v) is 6.84. The minimum atomic E-state index is -0.508. The van der Waals surface area contributed by atoms with E-state index in [-0.39, 0.29) is 11.7 Å². The van der Waals surface area contributed by atoms with Crippen molar-refractivity contribution in [1.82, 2.24) is 10.6 Å². The molecular weight excluding hydrogens is 345 g/mol. The number of amides is 3. The van der Waals surface area contributed by atoms with Crippen LogP contribution >= 0.6 is 0 Å². The van der Waals surface area contributed by atoms with Gasteiger partial charge in [0.15, 0.2) is 6.04 Å². The summed E-state index contributed by atoms with van der Waals surface area (Å²) in [5.74, 6) is -0.600. The predicted molar refractivity (Wildman–Crippen MR) is 100 cm³/mol. The third-order valence-electron chi connectivity index (χ3n) is 4.76. The Balaban J connectivity index is 1.87. The maximum atomic E-state index is 13.2. The van der Waals surface area contributed by atoms with Gasteiger partial charge >= 0.3 is 6.03 Å². The fourth-order valence-corrected chi connectivity index (χ4v) is 3.34. The Morgan fingerprint density at radius 1 is 1.11 bits per heavy atom. The van der Waals surface area contributed by atoms with Gasteiger partial charge in [0, 0.05) is 30.5 Å². The molecule has 2 aromatic rings. The van der Waals surface area contributed by atoms with Crippen LogP contribution in [0.4, 0.5) is 9.18 Å². The van der Waals surface area contributed by atoms with Crippen molar-refractivity contribution < 1.29 is 18.9 Å². The fourth-order valence-electron chi connectivity index (χ4n) is 3.34. The van der Waals surface area contributed by atoms with Crippen molar-refractivity contribution in [2.45, 2.75) is 38.4 Å². The zero-order valence-corrected chi connectivity index (χ0v) is 15.4. The molecule has 3 amide bonds. The van der Waals surface area contributed by atoms with Gasteiger partial charge in [-0.2, -0.15) is 0 Å². The summed E-state index contributed by atoms with van der Waals surface area (Å²) < 4.78 is 13.2. The molecule has 0 bridgehead atoms. The second-order valence-electron chi connectivity index (χ2n) is 6.84. The van der Waals surface area contributed by atoms with Crippen LogP contribution < -0.4 is 15.5 Å². The zero-order chi connectivity index (χ0) is 19.2. The Morgan fingerprint density at radius 3 is 2.37 bits per heavy atom. The highest BCUT2D eigenvalue weighted by atomic mass is 19.1. The lowest BCUT2D eigenvalue weighted by molar-refractivity contribution is -0.946. The highest BCUT2D eigenvalue weighted by molar-refractivity contribution is 5.96. The first kappa shape index (κ1) is 19.0. The van der Waals surface area contributed by atoms with E-state index in [2.05, 4.69) is 10.6 Å². The number of urea groups is 1. The maximum absolute atomic E-state index is 13.2. The fraction of sp³-hybridized carbons (Fsp3) is 0.333. The number of hydrogen-bond donors (Lipinski definition) is 3. The average Bonchev–Trinajstić information content (AvgIpc) is 3.49. The molecule has 0 radical (unpaired) electrons. The van der Waals surface area contributed by atoms with E-state index >= 15 is 0 Å². The van der Waals surface area contributed by atoms with Gasteiger partial charge in [-0.05, 0) is 19.1 Å². The van der Waals surface area contributed by atoms with Crippen LogP contribution in [0.3, 0.4) is 0 Å². The van der Waals surface area contributed by atoms with Gasteiger partial charge in [-0.15, -0.1) is 0 Å². The van der Waals surface area contributed by atoms with Gasteiger partial charge in [-0.25, -0.2) is 9.18 Å². The Bertz CT molecular complexity index is 776. The molecule has 1 aliphatic rings. The largest absolute Gasteiger partial charge is 0.338 e. The summed E-state index contributed by atoms with van der Waals surface area (Å²) in [4.78, 5) is 26.0. The molecule has 2 atom stereocenters. The zero-order valence-electron chi connectivity index (χ0n) is 15.4. The number of nitrogens with one attached hydrogen (secondary N) is 3. The minimum Gasteiger partial charge on any atom is -0.338 e. The Hall–Kier alpha value is -2.73. The number of halogens is 1. The molecule has 0 heterocycles. The smallest absolute Gasteiger partial charge is 0.321 e. The van der Waals surface area contributed by atoms with Crippen molar-refractivity contribution in [2.24, 2.45) is 0 Å². The molecule has 1 aliphatic carbocycles. The van der Waals surface area contributed by atoms with E-state index < -0.39 is 12.1 Å². The molecule has 1 unspecified atom stereocenters. The van der Waals surface area contributed by atoms with Gasteiger partial charge < -0.3 is 10.2 Å². The third-order valence-corrected chi connectivity index (χ3v) is 4.76. The van der Waals surface area contributed by atoms with Crippen LogP contribution in [0.5, 0.6) is 0 Å². The SMILES string of the molecule is CCNC(=O)NC(=O)[C@@H](c1ccccc1)[NH+](Cc1ccc(F)cc1)C1CC1. The normalized spacial score (nSPS) is 15.6. The topological polar surface area (TPSA) is 62.6 Å². The van der Waals surface area contributed by atoms with E-state index in [0.717, 1.165) is 28.9 Å². The van der Waals surface area contributed by atoms with Crippen molar-refractivity contribution in [3.8, 4) is 0 Å². The van der Waals surface area contributed by atoms with Crippen molar-refractivity contribution in [2.75, 3.05) is 6.54 Å². The molecule has 3 rings (SSSR count). The number of benzene rings is 2. The van der Waals surface area contributed by atoms with E-state index in [1.165, 1.54) is 12.1 Å². The summed E-state index contributed by atoms with van der Waals surface area (Å²) in [6.07, 6.45) is 2.07. The van der Waals surface area contributed by atoms with E-state index in [9.17, 15) is 14.0 Å². The number of imide groups is 1. The highest BCUT2D eigenvalue weighted by Crippen LogP contribution is 2.21. The van der Waals surface area contributed by atoms with Gasteiger partial charge in [-0.3, -0.25) is 10.1 Å². The van der Waals surface area contributed by atoms with Gasteiger partial charge in [0.05, 0.1) is 6.04 Å². The quantitative estimate of drug-likeness (QED) is 0.698. The summed E-state index contributed by atoms with van der Waals surface area (Å²) >= 11 is 0. The summed E-state index contributed by atoms with van der Waals surface area (Å²) in [6, 6.07) is 15.2. The van der Waals surface area contributed by atoms with Crippen LogP contribution in [0.2, 0.25) is 0 Å². The molecule has 6 heteroatoms. The van der Waals surface area contributed by atoms with Gasteiger partial charge in [0.1, 0.15) is 12.4 Å². The van der Waals surface area contributed by atoms with Gasteiger partial charge in [0.25, 0.3) is 5.91 Å². The van der Waals surface area contributed by atoms with E-state index in [1.807, 2.05) is 30.3 Å². The first-order valence-electron chi connectivity index (χ1n) is 9.32. The number of carbonyl (C=O) groups is 2. The van der Waals surface area contributed by atoms with Gasteiger partial charge in [-0.1, -0.05) is 42.5 Å². The first-order valence-corrected chi connectivity index (χ1v) is 9.32. The van der Waals surface area contributed by atoms with Crippen LogP contribution in [0.1, 0.15) is 36.9 Å². The molecule has 0 aliphatic heterocycles. The molecular formula is C21H25FN3O2+. The van der Waals surface area contributed by atoms with E-state index in [4.69, 9.17) is 0 Å². The lowest BCUT2D eigenvalue weighted by Crippen LogP contribution is -3.13. The predicted octanol–water partition coefficient (Wildman–Crippen LogP) is 1.96. The van der Waals surface area contributed by atoms with Crippen LogP contribution in [0.25, 0.3) is 0 Å². The number of quaternary nitrogens is 1. The molecule has 1 saturated carbocycles. The van der Waals surface area contributed by atoms with Crippen LogP contribution in [0, 0.1) is 5.82 Å². The molecule has 1 fully saturated rings. The summed E-state index contributed by atoms with van der Waals surface area (Å²) in [7, 11) is 0. The monoisotopic (exact) mass is 370 g/mol. The molecule has 142 valence electrons. The molecule has 2 aromatic carbocycles. The summed E-state index contributed by atoms with van der Waals surface area (Å²) in [5, 5.41) is 5.07. The second kappa shape index (κ2) is 8.77. The summed E-state index contributed by atoms with van der Waals surface area (Å²) in [6.45, 7) is 2.84. The molecule has 0 aromatic heterocycles. The number of hydrogen-bond acceptors (Lipinski definition) is 2. The third kappa shape index (κ3) is 5.14. The van der Waals surface area contributed by atoms with Gasteiger partial charge in [0.2, 0.25) is 0 Å². The van der Waals surface area contributed by atoms with E-state index in [1.54, 1.807) is 19.1 Å². The lowest BCUT2D eigenvalue weighted by atomic mass is 10.0. The van der Waals surface area contributed by atoms with Crippen LogP contribution in [-0.2, 0) is 11.3 Å². The van der Waals surface area contributed by atoms with Crippen molar-refractivity contribution in [3.63, 3.8) is 0 Å². The highest BCUT2D eigenvalue weighted by Gasteiger charge is 2.42. The Kier molecular flexibility index (Phi) is 6.19. The molecule has 0 saturated heterocycles. The molecule has 5 nitrogen and oxygen atoms in total. The number of carbonyl (C=O) groups excluding carboxylic acids is 2. The Labute approximate surface area is 158 Å². The van der Waals surface area contributed by atoms with Crippen LogP contribution in [-0.4, -0.2) is 24.5 Å². The average molecular weight is 370 g/mol. The van der Waals surface area contributed by atoms with Crippen molar-refractivity contribution >= 4 is 11.9 Å². The van der Waals surface area contributed by atoms with Crippen molar-refractivity contribution in [1.29, 1.82) is 0 Å². The maximum Gasteiger partial charge on any atom is 0.321 e. The minimum absolute atomic E-state index is 0.277. The first-order chi connectivity index (χ1) is 13.1. The lowest BCUT2D eigenvalue weighted by Gasteiger charge is -2.28. The number of rotatable bonds is 7.